The van der Waals surface area contributed by atoms with Crippen molar-refractivity contribution in [1.29, 1.82) is 0 Å². The second kappa shape index (κ2) is 6.07. The van der Waals surface area contributed by atoms with Gasteiger partial charge in [0.1, 0.15) is 5.69 Å². The maximum Gasteiger partial charge on any atom is 0.267 e. The summed E-state index contributed by atoms with van der Waals surface area (Å²) in [5.74, 6) is -0.332. The van der Waals surface area contributed by atoms with Gasteiger partial charge in [-0.25, -0.2) is 0 Å². The molecule has 1 aromatic heterocycles. The summed E-state index contributed by atoms with van der Waals surface area (Å²) in [5.41, 5.74) is -0.0697. The van der Waals surface area contributed by atoms with E-state index in [4.69, 9.17) is 0 Å². The van der Waals surface area contributed by atoms with Gasteiger partial charge in [-0.2, -0.15) is 0 Å². The molecule has 0 aliphatic rings. The lowest BCUT2D eigenvalue weighted by atomic mass is 10.2. The maximum absolute atomic E-state index is 11.5. The Labute approximate surface area is 93.5 Å². The van der Waals surface area contributed by atoms with Crippen LogP contribution in [0.1, 0.15) is 30.3 Å². The number of nitrogens with one attached hydrogen (secondary N) is 2. The van der Waals surface area contributed by atoms with Crippen LogP contribution in [0, 0.1) is 0 Å². The molecule has 0 radical (unpaired) electrons. The van der Waals surface area contributed by atoms with E-state index in [0.717, 1.165) is 0 Å². The Bertz CT molecular complexity index is 400. The molecule has 0 spiro atoms. The Morgan fingerprint density at radius 2 is 2.31 bits per heavy atom. The zero-order valence-electron chi connectivity index (χ0n) is 9.19. The molecule has 0 aliphatic carbocycles. The molecule has 5 nitrogen and oxygen atoms in total. The van der Waals surface area contributed by atoms with E-state index in [1.165, 1.54) is 18.2 Å². The average Bonchev–Trinajstić information content (AvgIpc) is 2.28. The summed E-state index contributed by atoms with van der Waals surface area (Å²) < 4.78 is 0. The first-order valence-corrected chi connectivity index (χ1v) is 5.29. The van der Waals surface area contributed by atoms with Crippen LogP contribution in [-0.2, 0) is 0 Å². The molecule has 0 fully saturated rings. The Hall–Kier alpha value is -1.62. The highest BCUT2D eigenvalue weighted by Crippen LogP contribution is 1.95. The van der Waals surface area contributed by atoms with Crippen LogP contribution in [0.5, 0.6) is 0 Å². The van der Waals surface area contributed by atoms with Crippen LogP contribution in [0.4, 0.5) is 0 Å². The summed E-state index contributed by atoms with van der Waals surface area (Å²) in [6.45, 7) is 2.27. The van der Waals surface area contributed by atoms with Crippen molar-refractivity contribution >= 4 is 5.91 Å². The predicted molar refractivity (Wildman–Crippen MR) is 60.3 cm³/mol. The van der Waals surface area contributed by atoms with Crippen LogP contribution >= 0.6 is 0 Å². The van der Waals surface area contributed by atoms with E-state index < -0.39 is 6.10 Å². The number of aliphatic hydroxyl groups is 1. The molecule has 0 saturated carbocycles. The molecule has 0 saturated heterocycles. The van der Waals surface area contributed by atoms with Crippen molar-refractivity contribution in [2.24, 2.45) is 0 Å². The molecule has 88 valence electrons. The van der Waals surface area contributed by atoms with E-state index >= 15 is 0 Å². The molecule has 1 amide bonds. The van der Waals surface area contributed by atoms with Crippen molar-refractivity contribution in [2.45, 2.75) is 25.9 Å². The molecule has 1 atom stereocenters. The second-order valence-electron chi connectivity index (χ2n) is 3.54. The number of carbonyl (C=O) groups excluding carboxylic acids is 1. The van der Waals surface area contributed by atoms with Crippen molar-refractivity contribution in [2.75, 3.05) is 6.54 Å². The molecule has 0 aliphatic heterocycles. The Balaban J connectivity index is 2.44. The van der Waals surface area contributed by atoms with Gasteiger partial charge in [-0.3, -0.25) is 9.59 Å². The summed E-state index contributed by atoms with van der Waals surface area (Å²) in [6.07, 6.45) is 0.785. The van der Waals surface area contributed by atoms with Crippen molar-refractivity contribution in [3.05, 3.63) is 34.2 Å². The van der Waals surface area contributed by atoms with Crippen LogP contribution in [0.3, 0.4) is 0 Å². The minimum Gasteiger partial charge on any atom is -0.393 e. The van der Waals surface area contributed by atoms with Crippen molar-refractivity contribution < 1.29 is 9.90 Å². The first-order valence-electron chi connectivity index (χ1n) is 5.29. The molecule has 1 rings (SSSR count). The quantitative estimate of drug-likeness (QED) is 0.671. The summed E-state index contributed by atoms with van der Waals surface area (Å²) in [5, 5.41) is 11.9. The number of amides is 1. The third-order valence-electron chi connectivity index (χ3n) is 2.25. The van der Waals surface area contributed by atoms with Crippen LogP contribution in [0.25, 0.3) is 0 Å². The molecule has 1 unspecified atom stereocenters. The van der Waals surface area contributed by atoms with E-state index in [2.05, 4.69) is 10.3 Å². The average molecular weight is 224 g/mol. The normalized spacial score (nSPS) is 12.1. The molecule has 0 bridgehead atoms. The smallest absolute Gasteiger partial charge is 0.267 e. The predicted octanol–water partition coefficient (Wildman–Crippen LogP) is 0.266. The zero-order valence-corrected chi connectivity index (χ0v) is 9.19. The first kappa shape index (κ1) is 12.4. The SMILES string of the molecule is CCC(O)CCNC(=O)c1cccc(=O)[nH]1. The molecular weight excluding hydrogens is 208 g/mol. The Morgan fingerprint density at radius 3 is 2.94 bits per heavy atom. The van der Waals surface area contributed by atoms with Gasteiger partial charge in [0, 0.05) is 12.6 Å². The fraction of sp³-hybridized carbons (Fsp3) is 0.455. The monoisotopic (exact) mass is 224 g/mol. The van der Waals surface area contributed by atoms with Gasteiger partial charge in [0.15, 0.2) is 0 Å². The van der Waals surface area contributed by atoms with E-state index in [-0.39, 0.29) is 17.2 Å². The largest absolute Gasteiger partial charge is 0.393 e. The first-order chi connectivity index (χ1) is 7.63. The van der Waals surface area contributed by atoms with E-state index in [1.54, 1.807) is 0 Å². The summed E-state index contributed by atoms with van der Waals surface area (Å²) in [6, 6.07) is 4.40. The molecule has 16 heavy (non-hydrogen) atoms. The summed E-state index contributed by atoms with van der Waals surface area (Å²) >= 11 is 0. The van der Waals surface area contributed by atoms with Crippen LogP contribution in [0.15, 0.2) is 23.0 Å². The minimum absolute atomic E-state index is 0.235. The maximum atomic E-state index is 11.5. The van der Waals surface area contributed by atoms with E-state index in [1.807, 2.05) is 6.92 Å². The molecule has 1 aromatic rings. The molecule has 1 heterocycles. The van der Waals surface area contributed by atoms with Gasteiger partial charge >= 0.3 is 0 Å². The lowest BCUT2D eigenvalue weighted by molar-refractivity contribution is 0.0937. The van der Waals surface area contributed by atoms with Gasteiger partial charge in [-0.1, -0.05) is 13.0 Å². The minimum atomic E-state index is -0.393. The number of H-pyrrole nitrogens is 1. The van der Waals surface area contributed by atoms with Crippen LogP contribution in [-0.4, -0.2) is 28.6 Å². The number of pyridine rings is 1. The third kappa shape index (κ3) is 3.86. The Morgan fingerprint density at radius 1 is 1.56 bits per heavy atom. The number of aromatic nitrogens is 1. The number of hydrogen-bond donors (Lipinski definition) is 3. The zero-order chi connectivity index (χ0) is 12.0. The number of aliphatic hydroxyl groups excluding tert-OH is 1. The number of aromatic amines is 1. The third-order valence-corrected chi connectivity index (χ3v) is 2.25. The van der Waals surface area contributed by atoms with Gasteiger partial charge in [0.25, 0.3) is 5.91 Å². The highest BCUT2D eigenvalue weighted by Gasteiger charge is 2.06. The topological polar surface area (TPSA) is 82.2 Å². The fourth-order valence-electron chi connectivity index (χ4n) is 1.23. The Kier molecular flexibility index (Phi) is 4.72. The molecule has 5 heteroatoms. The summed E-state index contributed by atoms with van der Waals surface area (Å²) in [7, 11) is 0. The van der Waals surface area contributed by atoms with Crippen molar-refractivity contribution in [1.82, 2.24) is 10.3 Å². The second-order valence-corrected chi connectivity index (χ2v) is 3.54. The van der Waals surface area contributed by atoms with Crippen LogP contribution < -0.4 is 10.9 Å². The lowest BCUT2D eigenvalue weighted by Gasteiger charge is -2.08. The fourth-order valence-corrected chi connectivity index (χ4v) is 1.23. The van der Waals surface area contributed by atoms with Crippen molar-refractivity contribution in [3.8, 4) is 0 Å². The highest BCUT2D eigenvalue weighted by atomic mass is 16.3. The number of carbonyl (C=O) groups is 1. The van der Waals surface area contributed by atoms with Gasteiger partial charge in [0.05, 0.1) is 6.10 Å². The standard InChI is InChI=1S/C11H16N2O3/c1-2-8(14)6-7-12-11(16)9-4-3-5-10(15)13-9/h3-5,8,14H,2,6-7H2,1H3,(H,12,16)(H,13,15). The molecule has 0 aromatic carbocycles. The molecule has 3 N–H and O–H groups in total. The van der Waals surface area contributed by atoms with Gasteiger partial charge in [-0.15, -0.1) is 0 Å². The lowest BCUT2D eigenvalue weighted by Crippen LogP contribution is -2.28. The van der Waals surface area contributed by atoms with E-state index in [9.17, 15) is 14.7 Å². The molecular formula is C11H16N2O3. The van der Waals surface area contributed by atoms with Gasteiger partial charge < -0.3 is 15.4 Å². The van der Waals surface area contributed by atoms with E-state index in [0.29, 0.717) is 19.4 Å². The van der Waals surface area contributed by atoms with Crippen LogP contribution in [0.2, 0.25) is 0 Å². The van der Waals surface area contributed by atoms with Gasteiger partial charge in [-0.05, 0) is 18.9 Å². The van der Waals surface area contributed by atoms with Crippen molar-refractivity contribution in [3.63, 3.8) is 0 Å². The number of rotatable bonds is 5. The van der Waals surface area contributed by atoms with Gasteiger partial charge in [0.2, 0.25) is 5.56 Å². The highest BCUT2D eigenvalue weighted by molar-refractivity contribution is 5.92. The number of hydrogen-bond acceptors (Lipinski definition) is 3. The summed E-state index contributed by atoms with van der Waals surface area (Å²) in [4.78, 5) is 24.9.